The van der Waals surface area contributed by atoms with E-state index in [0.717, 1.165) is 19.3 Å². The smallest absolute Gasteiger partial charge is 0.0585 e. The van der Waals surface area contributed by atoms with Gasteiger partial charge in [0.15, 0.2) is 0 Å². The minimum Gasteiger partial charge on any atom is -0.393 e. The first kappa shape index (κ1) is 8.98. The highest BCUT2D eigenvalue weighted by molar-refractivity contribution is 5.85. The van der Waals surface area contributed by atoms with E-state index >= 15 is 0 Å². The molecule has 0 saturated carbocycles. The quantitative estimate of drug-likeness (QED) is 0.693. The number of fused-ring (bicyclic) bond motifs is 3. The number of benzene rings is 1. The Balaban J connectivity index is 2.33. The van der Waals surface area contributed by atoms with Crippen molar-refractivity contribution in [3.05, 3.63) is 35.5 Å². The summed E-state index contributed by atoms with van der Waals surface area (Å²) >= 11 is 0. The average Bonchev–Trinajstić information content (AvgIpc) is 2.54. The van der Waals surface area contributed by atoms with Gasteiger partial charge in [0.25, 0.3) is 0 Å². The van der Waals surface area contributed by atoms with Gasteiger partial charge in [-0.2, -0.15) is 0 Å². The Morgan fingerprint density at radius 3 is 3.00 bits per heavy atom. The summed E-state index contributed by atoms with van der Waals surface area (Å²) in [6, 6.07) is 8.46. The molecule has 0 saturated heterocycles. The van der Waals surface area contributed by atoms with E-state index < -0.39 is 0 Å². The summed E-state index contributed by atoms with van der Waals surface area (Å²) in [7, 11) is 2.12. The summed E-state index contributed by atoms with van der Waals surface area (Å²) in [4.78, 5) is 0. The number of hydrogen-bond acceptors (Lipinski definition) is 1. The first-order valence-electron chi connectivity index (χ1n) is 5.50. The zero-order valence-corrected chi connectivity index (χ0v) is 8.90. The normalized spacial score (nSPS) is 20.5. The monoisotopic (exact) mass is 201 g/mol. The van der Waals surface area contributed by atoms with Crippen LogP contribution in [-0.2, 0) is 19.9 Å². The Morgan fingerprint density at radius 1 is 1.33 bits per heavy atom. The fourth-order valence-electron chi connectivity index (χ4n) is 2.71. The summed E-state index contributed by atoms with van der Waals surface area (Å²) in [6.07, 6.45) is 2.57. The largest absolute Gasteiger partial charge is 0.393 e. The topological polar surface area (TPSA) is 25.2 Å². The summed E-state index contributed by atoms with van der Waals surface area (Å²) in [5, 5.41) is 11.0. The molecule has 2 aromatic rings. The summed E-state index contributed by atoms with van der Waals surface area (Å²) in [6.45, 7) is 0. The Hall–Kier alpha value is -1.28. The Morgan fingerprint density at radius 2 is 2.13 bits per heavy atom. The van der Waals surface area contributed by atoms with Gasteiger partial charge in [0.1, 0.15) is 0 Å². The lowest BCUT2D eigenvalue weighted by Gasteiger charge is -2.18. The van der Waals surface area contributed by atoms with Crippen molar-refractivity contribution < 1.29 is 5.11 Å². The van der Waals surface area contributed by atoms with Gasteiger partial charge in [-0.1, -0.05) is 18.2 Å². The minimum absolute atomic E-state index is 0.150. The maximum Gasteiger partial charge on any atom is 0.0585 e. The molecule has 2 heteroatoms. The van der Waals surface area contributed by atoms with Crippen LogP contribution in [0.25, 0.3) is 10.9 Å². The van der Waals surface area contributed by atoms with Crippen LogP contribution in [0.15, 0.2) is 24.3 Å². The summed E-state index contributed by atoms with van der Waals surface area (Å²) < 4.78 is 2.27. The van der Waals surface area contributed by atoms with Gasteiger partial charge >= 0.3 is 0 Å². The Bertz CT molecular complexity index is 512. The molecule has 0 aliphatic heterocycles. The van der Waals surface area contributed by atoms with Crippen LogP contribution in [0.5, 0.6) is 0 Å². The first-order chi connectivity index (χ1) is 7.27. The predicted molar refractivity (Wildman–Crippen MR) is 61.0 cm³/mol. The van der Waals surface area contributed by atoms with Gasteiger partial charge in [-0.05, 0) is 24.5 Å². The molecule has 0 radical (unpaired) electrons. The van der Waals surface area contributed by atoms with Crippen molar-refractivity contribution in [3.63, 3.8) is 0 Å². The lowest BCUT2D eigenvalue weighted by atomic mass is 9.93. The van der Waals surface area contributed by atoms with Gasteiger partial charge < -0.3 is 9.67 Å². The van der Waals surface area contributed by atoms with Gasteiger partial charge in [-0.25, -0.2) is 0 Å². The maximum atomic E-state index is 9.72. The third-order valence-electron chi connectivity index (χ3n) is 3.50. The van der Waals surface area contributed by atoms with Crippen molar-refractivity contribution in [2.24, 2.45) is 7.05 Å². The van der Waals surface area contributed by atoms with Crippen LogP contribution in [0.2, 0.25) is 0 Å². The molecule has 1 aromatic heterocycles. The summed E-state index contributed by atoms with van der Waals surface area (Å²) in [5.41, 5.74) is 4.05. The van der Waals surface area contributed by atoms with Crippen LogP contribution in [-0.4, -0.2) is 15.8 Å². The molecular weight excluding hydrogens is 186 g/mol. The van der Waals surface area contributed by atoms with E-state index in [2.05, 4.69) is 35.9 Å². The lowest BCUT2D eigenvalue weighted by Crippen LogP contribution is -2.19. The molecule has 1 heterocycles. The second-order valence-electron chi connectivity index (χ2n) is 4.40. The molecule has 3 rings (SSSR count). The molecule has 0 fully saturated rings. The van der Waals surface area contributed by atoms with E-state index in [4.69, 9.17) is 0 Å². The third kappa shape index (κ3) is 1.21. The number of aryl methyl sites for hydroxylation is 1. The van der Waals surface area contributed by atoms with Crippen molar-refractivity contribution in [2.75, 3.05) is 0 Å². The van der Waals surface area contributed by atoms with E-state index in [1.54, 1.807) is 0 Å². The molecule has 0 spiro atoms. The Kier molecular flexibility index (Phi) is 1.86. The van der Waals surface area contributed by atoms with Gasteiger partial charge in [0, 0.05) is 30.1 Å². The van der Waals surface area contributed by atoms with Crippen LogP contribution in [0.1, 0.15) is 17.7 Å². The van der Waals surface area contributed by atoms with E-state index in [9.17, 15) is 5.11 Å². The van der Waals surface area contributed by atoms with Crippen molar-refractivity contribution >= 4 is 10.9 Å². The number of aliphatic hydroxyl groups excluding tert-OH is 1. The van der Waals surface area contributed by atoms with E-state index in [0.29, 0.717) is 0 Å². The number of aliphatic hydroxyl groups is 1. The molecule has 0 unspecified atom stereocenters. The second-order valence-corrected chi connectivity index (χ2v) is 4.40. The van der Waals surface area contributed by atoms with Crippen LogP contribution < -0.4 is 0 Å². The first-order valence-corrected chi connectivity index (χ1v) is 5.50. The number of nitrogens with zero attached hydrogens (tertiary/aromatic N) is 1. The molecule has 78 valence electrons. The highest BCUT2D eigenvalue weighted by Crippen LogP contribution is 2.31. The van der Waals surface area contributed by atoms with E-state index in [1.807, 2.05) is 0 Å². The number of aromatic nitrogens is 1. The molecule has 1 aliphatic rings. The van der Waals surface area contributed by atoms with E-state index in [1.165, 1.54) is 22.2 Å². The maximum absolute atomic E-state index is 9.72. The number of hydrogen-bond donors (Lipinski definition) is 1. The third-order valence-corrected chi connectivity index (χ3v) is 3.50. The van der Waals surface area contributed by atoms with Crippen LogP contribution in [0.4, 0.5) is 0 Å². The van der Waals surface area contributed by atoms with Crippen LogP contribution >= 0.6 is 0 Å². The molecule has 1 atom stereocenters. The average molecular weight is 201 g/mol. The molecule has 1 N–H and O–H groups in total. The SMILES string of the molecule is Cn1c2c(c3ccccc31)C[C@H](O)CC2. The van der Waals surface area contributed by atoms with Gasteiger partial charge in [-0.3, -0.25) is 0 Å². The molecule has 1 aliphatic carbocycles. The molecule has 1 aromatic carbocycles. The molecule has 2 nitrogen and oxygen atoms in total. The van der Waals surface area contributed by atoms with Crippen LogP contribution in [0, 0.1) is 0 Å². The fourth-order valence-corrected chi connectivity index (χ4v) is 2.71. The summed E-state index contributed by atoms with van der Waals surface area (Å²) in [5.74, 6) is 0. The minimum atomic E-state index is -0.150. The van der Waals surface area contributed by atoms with Crippen molar-refractivity contribution in [2.45, 2.75) is 25.4 Å². The van der Waals surface area contributed by atoms with Crippen LogP contribution in [0.3, 0.4) is 0 Å². The molecular formula is C13H15NO. The van der Waals surface area contributed by atoms with E-state index in [-0.39, 0.29) is 6.10 Å². The van der Waals surface area contributed by atoms with Gasteiger partial charge in [0.2, 0.25) is 0 Å². The van der Waals surface area contributed by atoms with Crippen molar-refractivity contribution in [1.29, 1.82) is 0 Å². The standard InChI is InChI=1S/C13H15NO/c1-14-12-5-3-2-4-10(12)11-8-9(15)6-7-13(11)14/h2-5,9,15H,6-8H2,1H3/t9-/m1/s1. The van der Waals surface area contributed by atoms with Crippen molar-refractivity contribution in [3.8, 4) is 0 Å². The van der Waals surface area contributed by atoms with Gasteiger partial charge in [0.05, 0.1) is 6.10 Å². The molecule has 15 heavy (non-hydrogen) atoms. The Labute approximate surface area is 89.1 Å². The zero-order valence-electron chi connectivity index (χ0n) is 8.90. The second kappa shape index (κ2) is 3.11. The fraction of sp³-hybridized carbons (Fsp3) is 0.385. The predicted octanol–water partition coefficient (Wildman–Crippen LogP) is 2.03. The lowest BCUT2D eigenvalue weighted by molar-refractivity contribution is 0.158. The number of para-hydroxylation sites is 1. The van der Waals surface area contributed by atoms with Gasteiger partial charge in [-0.15, -0.1) is 0 Å². The highest BCUT2D eigenvalue weighted by atomic mass is 16.3. The molecule has 0 bridgehead atoms. The van der Waals surface area contributed by atoms with Crippen molar-refractivity contribution in [1.82, 2.24) is 4.57 Å². The number of rotatable bonds is 0. The zero-order chi connectivity index (χ0) is 10.4. The highest BCUT2D eigenvalue weighted by Gasteiger charge is 2.22. The molecule has 0 amide bonds.